The van der Waals surface area contributed by atoms with Gasteiger partial charge in [0.25, 0.3) is 11.8 Å². The van der Waals surface area contributed by atoms with Crippen LogP contribution in [-0.4, -0.2) is 47.4 Å². The lowest BCUT2D eigenvalue weighted by atomic mass is 10.1. The molecule has 1 saturated heterocycles. The number of hydrogen-bond acceptors (Lipinski definition) is 5. The number of thiocarbonyl (C=S) groups is 1. The SMILES string of the molecule is CCN1/C(=C\C=C\C=C2C(=O)N(C)C(=S)N(C)C2=O)Sc2ccccc21. The lowest BCUT2D eigenvalue weighted by Gasteiger charge is -2.31. The van der Waals surface area contributed by atoms with Crippen LogP contribution in [-0.2, 0) is 9.59 Å². The maximum absolute atomic E-state index is 12.3. The molecule has 2 amide bonds. The van der Waals surface area contributed by atoms with Crippen LogP contribution in [0.3, 0.4) is 0 Å². The Labute approximate surface area is 162 Å². The number of benzene rings is 1. The van der Waals surface area contributed by atoms with Crippen molar-refractivity contribution in [2.45, 2.75) is 11.8 Å². The van der Waals surface area contributed by atoms with Crippen LogP contribution in [0.4, 0.5) is 5.69 Å². The van der Waals surface area contributed by atoms with Crippen LogP contribution >= 0.6 is 24.0 Å². The summed E-state index contributed by atoms with van der Waals surface area (Å²) >= 11 is 6.78. The van der Waals surface area contributed by atoms with Crippen LogP contribution < -0.4 is 4.90 Å². The van der Waals surface area contributed by atoms with Crippen molar-refractivity contribution in [3.63, 3.8) is 0 Å². The molecule has 0 N–H and O–H groups in total. The molecule has 0 spiro atoms. The maximum atomic E-state index is 12.3. The standard InChI is InChI=1S/C19H19N3O2S2/c1-4-22-14-10-6-7-11-15(14)26-16(22)12-8-5-9-13-17(23)20(2)19(25)21(3)18(13)24/h5-12H,4H2,1-3H3/b8-5+,16-12+. The van der Waals surface area contributed by atoms with Gasteiger partial charge < -0.3 is 4.90 Å². The van der Waals surface area contributed by atoms with Gasteiger partial charge in [-0.2, -0.15) is 0 Å². The van der Waals surface area contributed by atoms with Crippen molar-refractivity contribution >= 4 is 46.6 Å². The third-order valence-electron chi connectivity index (χ3n) is 4.21. The summed E-state index contributed by atoms with van der Waals surface area (Å²) in [5.74, 6) is -0.763. The van der Waals surface area contributed by atoms with Gasteiger partial charge in [0.15, 0.2) is 5.11 Å². The summed E-state index contributed by atoms with van der Waals surface area (Å²) in [7, 11) is 3.14. The van der Waals surface area contributed by atoms with Crippen LogP contribution in [0.2, 0.25) is 0 Å². The van der Waals surface area contributed by atoms with Gasteiger partial charge in [0.1, 0.15) is 5.57 Å². The molecule has 2 aliphatic heterocycles. The number of amides is 2. The second kappa shape index (κ2) is 7.47. The van der Waals surface area contributed by atoms with Crippen LogP contribution in [0.1, 0.15) is 6.92 Å². The van der Waals surface area contributed by atoms with Crippen LogP contribution in [0.25, 0.3) is 0 Å². The predicted octanol–water partition coefficient (Wildman–Crippen LogP) is 3.16. The second-order valence-electron chi connectivity index (χ2n) is 5.80. The maximum Gasteiger partial charge on any atom is 0.265 e. The Balaban J connectivity index is 1.80. The van der Waals surface area contributed by atoms with Gasteiger partial charge >= 0.3 is 0 Å². The molecule has 0 unspecified atom stereocenters. The molecule has 3 rings (SSSR count). The summed E-state index contributed by atoms with van der Waals surface area (Å²) in [6.07, 6.45) is 7.09. The third kappa shape index (κ3) is 3.20. The smallest absolute Gasteiger partial charge is 0.265 e. The topological polar surface area (TPSA) is 43.9 Å². The highest BCUT2D eigenvalue weighted by Crippen LogP contribution is 2.45. The fourth-order valence-electron chi connectivity index (χ4n) is 2.79. The van der Waals surface area contributed by atoms with Crippen LogP contribution in [0.15, 0.2) is 64.1 Å². The summed E-state index contributed by atoms with van der Waals surface area (Å²) in [4.78, 5) is 30.6. The minimum absolute atomic E-state index is 0.105. The van der Waals surface area contributed by atoms with Crippen molar-refractivity contribution in [3.05, 3.63) is 59.2 Å². The first-order valence-electron chi connectivity index (χ1n) is 8.18. The zero-order valence-electron chi connectivity index (χ0n) is 14.8. The molecule has 1 aromatic carbocycles. The summed E-state index contributed by atoms with van der Waals surface area (Å²) in [5, 5.41) is 1.32. The highest BCUT2D eigenvalue weighted by atomic mass is 32.2. The fourth-order valence-corrected chi connectivity index (χ4v) is 4.09. The normalized spacial score (nSPS) is 19.2. The van der Waals surface area contributed by atoms with E-state index in [1.54, 1.807) is 38.0 Å². The van der Waals surface area contributed by atoms with E-state index in [1.807, 2.05) is 24.3 Å². The number of carbonyl (C=O) groups excluding carboxylic acids is 2. The van der Waals surface area contributed by atoms with E-state index in [2.05, 4.69) is 24.0 Å². The van der Waals surface area contributed by atoms with Crippen LogP contribution in [0.5, 0.6) is 0 Å². The van der Waals surface area contributed by atoms with E-state index >= 15 is 0 Å². The van der Waals surface area contributed by atoms with Crippen molar-refractivity contribution in [3.8, 4) is 0 Å². The molecule has 1 aromatic rings. The molecule has 7 heteroatoms. The second-order valence-corrected chi connectivity index (χ2v) is 7.22. The molecule has 2 aliphatic rings. The Kier molecular flexibility index (Phi) is 5.29. The van der Waals surface area contributed by atoms with Gasteiger partial charge in [-0.15, -0.1) is 0 Å². The molecule has 134 valence electrons. The highest BCUT2D eigenvalue weighted by Gasteiger charge is 2.34. The van der Waals surface area contributed by atoms with E-state index in [0.29, 0.717) is 0 Å². The van der Waals surface area contributed by atoms with Crippen LogP contribution in [0, 0.1) is 0 Å². The Morgan fingerprint density at radius 2 is 1.65 bits per heavy atom. The predicted molar refractivity (Wildman–Crippen MR) is 109 cm³/mol. The Bertz CT molecular complexity index is 847. The summed E-state index contributed by atoms with van der Waals surface area (Å²) in [6.45, 7) is 2.98. The molecule has 0 aliphatic carbocycles. The number of para-hydroxylation sites is 1. The molecule has 0 bridgehead atoms. The van der Waals surface area contributed by atoms with Gasteiger partial charge in [-0.05, 0) is 43.4 Å². The lowest BCUT2D eigenvalue weighted by Crippen LogP contribution is -2.52. The number of thioether (sulfide) groups is 1. The molecular weight excluding hydrogens is 366 g/mol. The minimum Gasteiger partial charge on any atom is -0.335 e. The number of nitrogens with zero attached hydrogens (tertiary/aromatic N) is 3. The number of anilines is 1. The largest absolute Gasteiger partial charge is 0.335 e. The molecule has 26 heavy (non-hydrogen) atoms. The average Bonchev–Trinajstić information content (AvgIpc) is 3.01. The van der Waals surface area contributed by atoms with Crippen molar-refractivity contribution in [2.75, 3.05) is 25.5 Å². The summed E-state index contributed by atoms with van der Waals surface area (Å²) in [6, 6.07) is 8.26. The first kappa shape index (κ1) is 18.4. The number of hydrogen-bond donors (Lipinski definition) is 0. The van der Waals surface area contributed by atoms with Crippen molar-refractivity contribution < 1.29 is 9.59 Å². The Morgan fingerprint density at radius 1 is 1.04 bits per heavy atom. The minimum atomic E-state index is -0.381. The quantitative estimate of drug-likeness (QED) is 0.454. The number of carbonyl (C=O) groups is 2. The van der Waals surface area contributed by atoms with E-state index in [-0.39, 0.29) is 22.5 Å². The number of fused-ring (bicyclic) bond motifs is 1. The molecule has 0 saturated carbocycles. The van der Waals surface area contributed by atoms with Gasteiger partial charge in [0, 0.05) is 25.5 Å². The van der Waals surface area contributed by atoms with E-state index < -0.39 is 0 Å². The van der Waals surface area contributed by atoms with Crippen molar-refractivity contribution in [2.24, 2.45) is 0 Å². The zero-order valence-corrected chi connectivity index (χ0v) is 16.4. The van der Waals surface area contributed by atoms with Crippen molar-refractivity contribution in [1.29, 1.82) is 0 Å². The number of rotatable bonds is 3. The first-order chi connectivity index (χ1) is 12.5. The zero-order chi connectivity index (χ0) is 18.8. The van der Waals surface area contributed by atoms with Gasteiger partial charge in [-0.1, -0.05) is 36.0 Å². The monoisotopic (exact) mass is 385 g/mol. The molecule has 5 nitrogen and oxygen atoms in total. The van der Waals surface area contributed by atoms with E-state index in [9.17, 15) is 9.59 Å². The molecule has 0 aromatic heterocycles. The first-order valence-corrected chi connectivity index (χ1v) is 9.41. The highest BCUT2D eigenvalue weighted by molar-refractivity contribution is 8.03. The molecular formula is C19H19N3O2S2. The Morgan fingerprint density at radius 3 is 2.31 bits per heavy atom. The van der Waals surface area contributed by atoms with Gasteiger partial charge in [0.05, 0.1) is 10.7 Å². The number of allylic oxidation sites excluding steroid dienone is 4. The number of likely N-dealkylation sites (N-methyl/N-ethyl adjacent to an activating group) is 2. The molecule has 1 fully saturated rings. The summed E-state index contributed by atoms with van der Waals surface area (Å²) in [5.41, 5.74) is 1.31. The summed E-state index contributed by atoms with van der Waals surface area (Å²) < 4.78 is 0. The fraction of sp³-hybridized carbons (Fsp3) is 0.211. The van der Waals surface area contributed by atoms with Gasteiger partial charge in [-0.3, -0.25) is 19.4 Å². The molecule has 0 radical (unpaired) electrons. The third-order valence-corrected chi connectivity index (χ3v) is 5.89. The Hall–Kier alpha value is -2.38. The van der Waals surface area contributed by atoms with Crippen molar-refractivity contribution in [1.82, 2.24) is 9.80 Å². The average molecular weight is 386 g/mol. The van der Waals surface area contributed by atoms with E-state index in [4.69, 9.17) is 12.2 Å². The molecule has 2 heterocycles. The molecule has 0 atom stereocenters. The van der Waals surface area contributed by atoms with Gasteiger partial charge in [-0.25, -0.2) is 0 Å². The van der Waals surface area contributed by atoms with E-state index in [0.717, 1.165) is 11.6 Å². The lowest BCUT2D eigenvalue weighted by molar-refractivity contribution is -0.132. The van der Waals surface area contributed by atoms with E-state index in [1.165, 1.54) is 20.4 Å². The van der Waals surface area contributed by atoms with Gasteiger partial charge in [0.2, 0.25) is 0 Å².